The number of carboxylic acid groups (broad SMARTS) is 2. The lowest BCUT2D eigenvalue weighted by Crippen LogP contribution is -2.42. The zero-order valence-electron chi connectivity index (χ0n) is 12.9. The van der Waals surface area contributed by atoms with E-state index < -0.39 is 42.9 Å². The molecule has 0 aromatic heterocycles. The largest absolute Gasteiger partial charge is 0.508 e. The first-order valence-corrected chi connectivity index (χ1v) is 6.64. The molecule has 0 aromatic carbocycles. The molecule has 132 valence electrons. The zero-order valence-corrected chi connectivity index (χ0v) is 12.9. The van der Waals surface area contributed by atoms with Gasteiger partial charge in [-0.1, -0.05) is 6.42 Å². The van der Waals surface area contributed by atoms with Gasteiger partial charge >= 0.3 is 24.2 Å². The predicted octanol–water partition coefficient (Wildman–Crippen LogP) is 1.27. The van der Waals surface area contributed by atoms with Crippen molar-refractivity contribution < 1.29 is 48.3 Å². The molecule has 0 saturated heterocycles. The van der Waals surface area contributed by atoms with Crippen LogP contribution in [0, 0.1) is 5.41 Å². The number of carbonyl (C=O) groups is 4. The standard InChI is InChI=1S/C13H20O10/c1-20-11(18)22-7-13(10(16)17,8-23-12(19)21-2)6-4-3-5-9(14)15/h3-8H2,1-2H3,(H,14,15)(H,16,17). The van der Waals surface area contributed by atoms with Crippen molar-refractivity contribution in [2.45, 2.75) is 25.7 Å². The average molecular weight is 336 g/mol. The Balaban J connectivity index is 4.92. The van der Waals surface area contributed by atoms with Crippen molar-refractivity contribution in [2.75, 3.05) is 27.4 Å². The van der Waals surface area contributed by atoms with Crippen LogP contribution >= 0.6 is 0 Å². The van der Waals surface area contributed by atoms with Crippen molar-refractivity contribution in [2.24, 2.45) is 5.41 Å². The molecule has 0 aliphatic carbocycles. The molecule has 10 nitrogen and oxygen atoms in total. The summed E-state index contributed by atoms with van der Waals surface area (Å²) in [5, 5.41) is 18.0. The Morgan fingerprint density at radius 2 is 1.35 bits per heavy atom. The van der Waals surface area contributed by atoms with Gasteiger partial charge in [0, 0.05) is 6.42 Å². The van der Waals surface area contributed by atoms with Crippen LogP contribution in [0.25, 0.3) is 0 Å². The highest BCUT2D eigenvalue weighted by Crippen LogP contribution is 2.27. The van der Waals surface area contributed by atoms with Crippen LogP contribution in [-0.4, -0.2) is 61.9 Å². The molecular formula is C13H20O10. The van der Waals surface area contributed by atoms with Crippen LogP contribution in [0.15, 0.2) is 0 Å². The summed E-state index contributed by atoms with van der Waals surface area (Å²) in [6.45, 7) is -1.20. The molecule has 0 unspecified atom stereocenters. The van der Waals surface area contributed by atoms with Gasteiger partial charge in [-0.15, -0.1) is 0 Å². The van der Waals surface area contributed by atoms with Gasteiger partial charge in [-0.05, 0) is 12.8 Å². The number of unbranched alkanes of at least 4 members (excludes halogenated alkanes) is 1. The summed E-state index contributed by atoms with van der Waals surface area (Å²) >= 11 is 0. The number of carboxylic acids is 2. The lowest BCUT2D eigenvalue weighted by molar-refractivity contribution is -0.156. The highest BCUT2D eigenvalue weighted by Gasteiger charge is 2.41. The van der Waals surface area contributed by atoms with E-state index in [9.17, 15) is 24.3 Å². The molecule has 2 N–H and O–H groups in total. The summed E-state index contributed by atoms with van der Waals surface area (Å²) in [5.74, 6) is -2.37. The molecule has 0 fully saturated rings. The molecule has 0 amide bonds. The van der Waals surface area contributed by atoms with Crippen molar-refractivity contribution in [1.29, 1.82) is 0 Å². The summed E-state index contributed by atoms with van der Waals surface area (Å²) in [5.41, 5.74) is -1.72. The number of carbonyl (C=O) groups excluding carboxylic acids is 2. The molecule has 0 bridgehead atoms. The SMILES string of the molecule is COC(=O)OCC(CCCCC(=O)O)(COC(=O)OC)C(=O)O. The Kier molecular flexibility index (Phi) is 9.12. The molecule has 0 aliphatic heterocycles. The molecular weight excluding hydrogens is 316 g/mol. The third-order valence-corrected chi connectivity index (χ3v) is 3.02. The van der Waals surface area contributed by atoms with Crippen LogP contribution in [0.4, 0.5) is 9.59 Å². The lowest BCUT2D eigenvalue weighted by Gasteiger charge is -2.27. The highest BCUT2D eigenvalue weighted by atomic mass is 16.7. The zero-order chi connectivity index (χ0) is 17.9. The van der Waals surface area contributed by atoms with E-state index in [2.05, 4.69) is 18.9 Å². The minimum absolute atomic E-state index is 0.0659. The van der Waals surface area contributed by atoms with E-state index in [1.54, 1.807) is 0 Å². The maximum Gasteiger partial charge on any atom is 0.508 e. The fourth-order valence-corrected chi connectivity index (χ4v) is 1.67. The maximum absolute atomic E-state index is 11.6. The van der Waals surface area contributed by atoms with Gasteiger partial charge in [0.15, 0.2) is 0 Å². The van der Waals surface area contributed by atoms with Crippen LogP contribution in [0.1, 0.15) is 25.7 Å². The average Bonchev–Trinajstić information content (AvgIpc) is 2.52. The van der Waals surface area contributed by atoms with Crippen molar-refractivity contribution in [3.8, 4) is 0 Å². The van der Waals surface area contributed by atoms with E-state index in [1.807, 2.05) is 0 Å². The molecule has 0 saturated carbocycles. The van der Waals surface area contributed by atoms with E-state index in [0.29, 0.717) is 0 Å². The van der Waals surface area contributed by atoms with Gasteiger partial charge in [0.2, 0.25) is 0 Å². The Labute approximate surface area is 132 Å². The summed E-state index contributed by atoms with van der Waals surface area (Å²) in [4.78, 5) is 44.1. The predicted molar refractivity (Wildman–Crippen MR) is 72.9 cm³/mol. The monoisotopic (exact) mass is 336 g/mol. The summed E-state index contributed by atoms with van der Waals surface area (Å²) in [6, 6.07) is 0. The molecule has 0 spiro atoms. The van der Waals surface area contributed by atoms with Crippen LogP contribution in [0.5, 0.6) is 0 Å². The first-order valence-electron chi connectivity index (χ1n) is 6.64. The minimum atomic E-state index is -1.72. The van der Waals surface area contributed by atoms with E-state index in [-0.39, 0.29) is 25.7 Å². The van der Waals surface area contributed by atoms with Gasteiger partial charge in [0.1, 0.15) is 18.6 Å². The van der Waals surface area contributed by atoms with E-state index in [0.717, 1.165) is 14.2 Å². The van der Waals surface area contributed by atoms with Gasteiger partial charge in [0.05, 0.1) is 14.2 Å². The summed E-state index contributed by atoms with van der Waals surface area (Å²) in [7, 11) is 2.12. The summed E-state index contributed by atoms with van der Waals surface area (Å²) < 4.78 is 17.9. The smallest absolute Gasteiger partial charge is 0.481 e. The molecule has 0 rings (SSSR count). The number of rotatable bonds is 10. The number of ether oxygens (including phenoxy) is 4. The minimum Gasteiger partial charge on any atom is -0.481 e. The third-order valence-electron chi connectivity index (χ3n) is 3.02. The first kappa shape index (κ1) is 20.5. The molecule has 23 heavy (non-hydrogen) atoms. The van der Waals surface area contributed by atoms with Gasteiger partial charge in [-0.3, -0.25) is 9.59 Å². The maximum atomic E-state index is 11.6. The van der Waals surface area contributed by atoms with Crippen LogP contribution in [0.2, 0.25) is 0 Å². The topological polar surface area (TPSA) is 146 Å². The fraction of sp³-hybridized carbons (Fsp3) is 0.692. The number of methoxy groups -OCH3 is 2. The van der Waals surface area contributed by atoms with Gasteiger partial charge < -0.3 is 29.2 Å². The van der Waals surface area contributed by atoms with E-state index in [1.165, 1.54) is 0 Å². The Bertz CT molecular complexity index is 410. The van der Waals surface area contributed by atoms with Crippen molar-refractivity contribution in [3.05, 3.63) is 0 Å². The number of hydrogen-bond acceptors (Lipinski definition) is 8. The highest BCUT2D eigenvalue weighted by molar-refractivity contribution is 5.76. The van der Waals surface area contributed by atoms with Crippen LogP contribution in [-0.2, 0) is 28.5 Å². The van der Waals surface area contributed by atoms with Gasteiger partial charge in [0.25, 0.3) is 0 Å². The van der Waals surface area contributed by atoms with Crippen molar-refractivity contribution in [3.63, 3.8) is 0 Å². The van der Waals surface area contributed by atoms with Gasteiger partial charge in [-0.2, -0.15) is 0 Å². The molecule has 10 heteroatoms. The first-order chi connectivity index (χ1) is 10.8. The lowest BCUT2D eigenvalue weighted by atomic mass is 9.84. The molecule has 0 aliphatic rings. The van der Waals surface area contributed by atoms with Gasteiger partial charge in [-0.25, -0.2) is 9.59 Å². The molecule has 0 atom stereocenters. The quantitative estimate of drug-likeness (QED) is 0.441. The van der Waals surface area contributed by atoms with E-state index in [4.69, 9.17) is 5.11 Å². The Hall–Kier alpha value is -2.52. The van der Waals surface area contributed by atoms with Crippen LogP contribution < -0.4 is 0 Å². The summed E-state index contributed by atoms with van der Waals surface area (Å²) in [6.07, 6.45) is -1.93. The Morgan fingerprint density at radius 1 is 0.870 bits per heavy atom. The second-order valence-corrected chi connectivity index (χ2v) is 4.67. The third kappa shape index (κ3) is 7.88. The number of hydrogen-bond donors (Lipinski definition) is 2. The number of aliphatic carboxylic acids is 2. The molecule has 0 radical (unpaired) electrons. The van der Waals surface area contributed by atoms with E-state index >= 15 is 0 Å². The second kappa shape index (κ2) is 10.2. The molecule has 0 heterocycles. The van der Waals surface area contributed by atoms with Crippen molar-refractivity contribution in [1.82, 2.24) is 0 Å². The Morgan fingerprint density at radius 3 is 1.70 bits per heavy atom. The van der Waals surface area contributed by atoms with Crippen LogP contribution in [0.3, 0.4) is 0 Å². The fourth-order valence-electron chi connectivity index (χ4n) is 1.67. The normalized spacial score (nSPS) is 10.5. The van der Waals surface area contributed by atoms with Crippen molar-refractivity contribution >= 4 is 24.2 Å². The molecule has 0 aromatic rings. The second-order valence-electron chi connectivity index (χ2n) is 4.67.